The molecule has 2 aliphatic heterocycles. The van der Waals surface area contributed by atoms with Crippen molar-refractivity contribution in [2.24, 2.45) is 0 Å². The average Bonchev–Trinajstić information content (AvgIpc) is 2.83. The van der Waals surface area contributed by atoms with Gasteiger partial charge in [0.15, 0.2) is 6.04 Å². The molecule has 1 atom stereocenters. The molecule has 3 rings (SSSR count). The summed E-state index contributed by atoms with van der Waals surface area (Å²) >= 11 is 0. The molecule has 7 nitrogen and oxygen atoms in total. The van der Waals surface area contributed by atoms with E-state index in [1.807, 2.05) is 0 Å². The average molecular weight is 318 g/mol. The van der Waals surface area contributed by atoms with Gasteiger partial charge in [0.05, 0.1) is 25.1 Å². The standard InChI is InChI=1S/C16H19N3O4/c1-17-6-8-18(9-7-17)13-10-14(20)19(15(13)21)12-4-2-11(3-5-12)16(22)23/h2-5,13H,6-10H2,1H3,(H,22,23)/p+1/t13-/m1/s1. The molecular weight excluding hydrogens is 298 g/mol. The summed E-state index contributed by atoms with van der Waals surface area (Å²) in [5.74, 6) is -1.69. The first-order valence-electron chi connectivity index (χ1n) is 7.81. The van der Waals surface area contributed by atoms with E-state index >= 15 is 0 Å². The van der Waals surface area contributed by atoms with Gasteiger partial charge in [-0.1, -0.05) is 12.1 Å². The van der Waals surface area contributed by atoms with E-state index in [0.717, 1.165) is 26.2 Å². The zero-order valence-corrected chi connectivity index (χ0v) is 13.0. The molecule has 2 saturated heterocycles. The Balaban J connectivity index is 1.77. The number of carbonyl (C=O) groups excluding carboxylic acids is 3. The zero-order chi connectivity index (χ0) is 16.6. The lowest BCUT2D eigenvalue weighted by molar-refractivity contribution is -1.01. The molecule has 0 aromatic heterocycles. The molecule has 0 unspecified atom stereocenters. The zero-order valence-electron chi connectivity index (χ0n) is 13.0. The van der Waals surface area contributed by atoms with Crippen LogP contribution in [0.25, 0.3) is 0 Å². The van der Waals surface area contributed by atoms with Crippen LogP contribution >= 0.6 is 0 Å². The fourth-order valence-electron chi connectivity index (χ4n) is 3.32. The fourth-order valence-corrected chi connectivity index (χ4v) is 3.32. The number of hydrogen-bond acceptors (Lipinski definition) is 4. The third-order valence-corrected chi connectivity index (χ3v) is 4.75. The Morgan fingerprint density at radius 1 is 1.13 bits per heavy atom. The number of piperazine rings is 1. The van der Waals surface area contributed by atoms with Crippen LogP contribution in [0.3, 0.4) is 0 Å². The van der Waals surface area contributed by atoms with Crippen LogP contribution in [0.5, 0.6) is 0 Å². The highest BCUT2D eigenvalue weighted by molar-refractivity contribution is 6.21. The summed E-state index contributed by atoms with van der Waals surface area (Å²) in [7, 11) is 2.13. The largest absolute Gasteiger partial charge is 0.545 e. The minimum atomic E-state index is -1.28. The summed E-state index contributed by atoms with van der Waals surface area (Å²) in [5, 5.41) is 10.8. The maximum Gasteiger partial charge on any atom is 0.292 e. The Bertz CT molecular complexity index is 635. The maximum atomic E-state index is 12.7. The molecule has 1 aromatic rings. The monoisotopic (exact) mass is 318 g/mol. The summed E-state index contributed by atoms with van der Waals surface area (Å²) in [6, 6.07) is 5.34. The second kappa shape index (κ2) is 6.10. The number of imide groups is 1. The molecule has 23 heavy (non-hydrogen) atoms. The summed E-state index contributed by atoms with van der Waals surface area (Å²) in [6.07, 6.45) is 0.218. The van der Waals surface area contributed by atoms with Gasteiger partial charge in [-0.05, 0) is 17.7 Å². The predicted octanol–water partition coefficient (Wildman–Crippen LogP) is -3.90. The topological polar surface area (TPSA) is 86.4 Å². The third-order valence-electron chi connectivity index (χ3n) is 4.75. The van der Waals surface area contributed by atoms with Gasteiger partial charge in [0, 0.05) is 0 Å². The predicted molar refractivity (Wildman–Crippen MR) is 79.0 cm³/mol. The number of anilines is 1. The van der Waals surface area contributed by atoms with Gasteiger partial charge in [0.1, 0.15) is 26.2 Å². The number of hydrogen-bond donors (Lipinski definition) is 2. The first-order chi connectivity index (χ1) is 11.0. The molecule has 2 fully saturated rings. The first-order valence-corrected chi connectivity index (χ1v) is 7.81. The number of nitrogens with one attached hydrogen (secondary N) is 2. The second-order valence-corrected chi connectivity index (χ2v) is 6.27. The number of benzene rings is 1. The summed E-state index contributed by atoms with van der Waals surface area (Å²) in [4.78, 5) is 39.5. The van der Waals surface area contributed by atoms with Crippen LogP contribution in [0.15, 0.2) is 24.3 Å². The number of nitrogens with zero attached hydrogens (tertiary/aromatic N) is 1. The van der Waals surface area contributed by atoms with Gasteiger partial charge >= 0.3 is 0 Å². The van der Waals surface area contributed by atoms with E-state index in [0.29, 0.717) is 5.69 Å². The second-order valence-electron chi connectivity index (χ2n) is 6.27. The minimum Gasteiger partial charge on any atom is -0.545 e. The van der Waals surface area contributed by atoms with E-state index in [1.165, 1.54) is 39.0 Å². The minimum absolute atomic E-state index is 0.0251. The van der Waals surface area contributed by atoms with E-state index in [1.54, 1.807) is 0 Å². The molecule has 0 aliphatic carbocycles. The van der Waals surface area contributed by atoms with E-state index < -0.39 is 5.97 Å². The Morgan fingerprint density at radius 2 is 1.74 bits per heavy atom. The van der Waals surface area contributed by atoms with Gasteiger partial charge in [-0.25, -0.2) is 4.90 Å². The fraction of sp³-hybridized carbons (Fsp3) is 0.438. The Morgan fingerprint density at radius 3 is 2.30 bits per heavy atom. The maximum absolute atomic E-state index is 12.7. The van der Waals surface area contributed by atoms with E-state index in [2.05, 4.69) is 7.05 Å². The highest BCUT2D eigenvalue weighted by Gasteiger charge is 2.46. The Hall–Kier alpha value is -2.25. The molecule has 2 N–H and O–H groups in total. The molecule has 2 heterocycles. The molecule has 0 spiro atoms. The van der Waals surface area contributed by atoms with E-state index in [4.69, 9.17) is 0 Å². The summed E-state index contributed by atoms with van der Waals surface area (Å²) in [5.41, 5.74) is 0.448. The van der Waals surface area contributed by atoms with Crippen LogP contribution in [0, 0.1) is 0 Å². The lowest BCUT2D eigenvalue weighted by atomic mass is 10.2. The number of carboxylic acids is 1. The van der Waals surface area contributed by atoms with Crippen molar-refractivity contribution in [3.05, 3.63) is 29.8 Å². The molecule has 0 saturated carbocycles. The van der Waals surface area contributed by atoms with Crippen molar-refractivity contribution in [3.63, 3.8) is 0 Å². The number of likely N-dealkylation sites (N-methyl/N-ethyl adjacent to an activating group) is 1. The lowest BCUT2D eigenvalue weighted by Gasteiger charge is -2.30. The highest BCUT2D eigenvalue weighted by Crippen LogP contribution is 2.22. The molecule has 7 heteroatoms. The van der Waals surface area contributed by atoms with Crippen molar-refractivity contribution in [2.45, 2.75) is 12.5 Å². The first kappa shape index (κ1) is 15.6. The quantitative estimate of drug-likeness (QED) is 0.558. The smallest absolute Gasteiger partial charge is 0.292 e. The van der Waals surface area contributed by atoms with Crippen LogP contribution in [0.2, 0.25) is 0 Å². The van der Waals surface area contributed by atoms with Crippen molar-refractivity contribution in [1.29, 1.82) is 0 Å². The summed E-state index contributed by atoms with van der Waals surface area (Å²) in [6.45, 7) is 3.75. The van der Waals surface area contributed by atoms with Crippen LogP contribution in [0.4, 0.5) is 5.69 Å². The molecule has 0 bridgehead atoms. The number of carbonyl (C=O) groups is 3. The van der Waals surface area contributed by atoms with Crippen molar-refractivity contribution in [3.8, 4) is 0 Å². The van der Waals surface area contributed by atoms with Gasteiger partial charge in [-0.2, -0.15) is 0 Å². The van der Waals surface area contributed by atoms with Gasteiger partial charge < -0.3 is 19.7 Å². The van der Waals surface area contributed by atoms with Crippen LogP contribution in [-0.4, -0.2) is 57.1 Å². The molecule has 2 aliphatic rings. The lowest BCUT2D eigenvalue weighted by Crippen LogP contribution is -3.29. The van der Waals surface area contributed by atoms with Crippen molar-refractivity contribution < 1.29 is 29.3 Å². The molecule has 1 aromatic carbocycles. The Labute approximate surface area is 134 Å². The molecule has 2 amide bonds. The van der Waals surface area contributed by atoms with Gasteiger partial charge in [-0.3, -0.25) is 9.59 Å². The van der Waals surface area contributed by atoms with Crippen molar-refractivity contribution >= 4 is 23.5 Å². The van der Waals surface area contributed by atoms with E-state index in [-0.39, 0.29) is 29.8 Å². The highest BCUT2D eigenvalue weighted by atomic mass is 16.4. The van der Waals surface area contributed by atoms with Gasteiger partial charge in [0.2, 0.25) is 5.91 Å². The number of aromatic carboxylic acids is 1. The molecule has 122 valence electrons. The number of amides is 2. The SMILES string of the molecule is C[NH+]1CC[NH+]([C@@H]2CC(=O)N(c3ccc(C(=O)[O-])cc3)C2=O)CC1. The number of carboxylic acid groups (broad SMARTS) is 1. The van der Waals surface area contributed by atoms with Gasteiger partial charge in [-0.15, -0.1) is 0 Å². The normalized spacial score (nSPS) is 28.2. The van der Waals surface area contributed by atoms with Crippen molar-refractivity contribution in [2.75, 3.05) is 38.1 Å². The van der Waals surface area contributed by atoms with Crippen LogP contribution in [0.1, 0.15) is 16.8 Å². The van der Waals surface area contributed by atoms with E-state index in [9.17, 15) is 19.5 Å². The number of rotatable bonds is 3. The van der Waals surface area contributed by atoms with Gasteiger partial charge in [0.25, 0.3) is 5.91 Å². The third kappa shape index (κ3) is 2.97. The van der Waals surface area contributed by atoms with Crippen LogP contribution < -0.4 is 19.8 Å². The van der Waals surface area contributed by atoms with Crippen molar-refractivity contribution in [1.82, 2.24) is 0 Å². The summed E-state index contributed by atoms with van der Waals surface area (Å²) < 4.78 is 0. The Kier molecular flexibility index (Phi) is 4.14. The van der Waals surface area contributed by atoms with Crippen LogP contribution in [-0.2, 0) is 9.59 Å². The molecule has 0 radical (unpaired) electrons. The molecular formula is C16H20N3O4+. The number of quaternary nitrogens is 2.